The van der Waals surface area contributed by atoms with E-state index in [1.54, 1.807) is 13.8 Å². The van der Waals surface area contributed by atoms with E-state index in [1.807, 2.05) is 53.2 Å². The monoisotopic (exact) mass is 388 g/mol. The second-order valence-electron chi connectivity index (χ2n) is 7.27. The molecule has 3 aromatic carbocycles. The maximum absolute atomic E-state index is 10.5. The lowest BCUT2D eigenvalue weighted by Crippen LogP contribution is -2.15. The summed E-state index contributed by atoms with van der Waals surface area (Å²) >= 11 is 6.43. The number of hydrogen-bond donors (Lipinski definition) is 1. The zero-order valence-corrected chi connectivity index (χ0v) is 16.6. The molecule has 0 saturated carbocycles. The van der Waals surface area contributed by atoms with Gasteiger partial charge in [-0.15, -0.1) is 0 Å². The third-order valence-corrected chi connectivity index (χ3v) is 5.03. The van der Waals surface area contributed by atoms with Gasteiger partial charge in [0.05, 0.1) is 10.7 Å². The molecule has 4 aromatic rings. The Bertz CT molecular complexity index is 1090. The quantitative estimate of drug-likeness (QED) is 0.459. The number of nitrogens with zero attached hydrogens (tertiary/aromatic N) is 2. The van der Waals surface area contributed by atoms with Gasteiger partial charge in [-0.2, -0.15) is 0 Å². The number of benzene rings is 3. The molecule has 0 aliphatic rings. The van der Waals surface area contributed by atoms with Gasteiger partial charge in [0.1, 0.15) is 11.4 Å². The van der Waals surface area contributed by atoms with Gasteiger partial charge < -0.3 is 5.11 Å². The van der Waals surface area contributed by atoms with Crippen molar-refractivity contribution in [2.75, 3.05) is 0 Å². The molecular formula is C24H21ClN2O. The van der Waals surface area contributed by atoms with E-state index in [0.717, 1.165) is 16.8 Å². The fraction of sp³-hybridized carbons (Fsp3) is 0.125. The Morgan fingerprint density at radius 3 is 2.07 bits per heavy atom. The summed E-state index contributed by atoms with van der Waals surface area (Å²) in [7, 11) is 0. The second kappa shape index (κ2) is 7.27. The van der Waals surface area contributed by atoms with Crippen molar-refractivity contribution >= 4 is 11.6 Å². The van der Waals surface area contributed by atoms with E-state index in [0.29, 0.717) is 16.5 Å². The van der Waals surface area contributed by atoms with Gasteiger partial charge in [-0.25, -0.2) is 4.98 Å². The minimum atomic E-state index is -1.05. The zero-order chi connectivity index (χ0) is 19.7. The van der Waals surface area contributed by atoms with E-state index in [2.05, 4.69) is 36.4 Å². The molecule has 0 fully saturated rings. The Morgan fingerprint density at radius 2 is 1.43 bits per heavy atom. The molecule has 0 aliphatic heterocycles. The van der Waals surface area contributed by atoms with Crippen LogP contribution >= 0.6 is 11.6 Å². The molecule has 28 heavy (non-hydrogen) atoms. The average molecular weight is 389 g/mol. The van der Waals surface area contributed by atoms with Crippen LogP contribution in [-0.2, 0) is 5.60 Å². The Kier molecular flexibility index (Phi) is 4.80. The minimum Gasteiger partial charge on any atom is -0.384 e. The summed E-state index contributed by atoms with van der Waals surface area (Å²) < 4.78 is 1.98. The first kappa shape index (κ1) is 18.5. The summed E-state index contributed by atoms with van der Waals surface area (Å²) in [5.74, 6) is 0.704. The molecule has 140 valence electrons. The lowest BCUT2D eigenvalue weighted by molar-refractivity contribution is 0.0743. The van der Waals surface area contributed by atoms with Crippen LogP contribution in [0.25, 0.3) is 28.2 Å². The number of halogens is 1. The maximum atomic E-state index is 10.5. The highest BCUT2D eigenvalue weighted by atomic mass is 35.5. The number of hydrogen-bond acceptors (Lipinski definition) is 2. The smallest absolute Gasteiger partial charge is 0.146 e. The van der Waals surface area contributed by atoms with Gasteiger partial charge in [0.2, 0.25) is 0 Å². The normalized spacial score (nSPS) is 11.6. The van der Waals surface area contributed by atoms with Crippen LogP contribution in [0.5, 0.6) is 0 Å². The summed E-state index contributed by atoms with van der Waals surface area (Å²) in [4.78, 5) is 4.70. The fourth-order valence-electron chi connectivity index (χ4n) is 3.15. The molecule has 0 aliphatic carbocycles. The van der Waals surface area contributed by atoms with Crippen molar-refractivity contribution < 1.29 is 5.11 Å². The first-order valence-corrected chi connectivity index (χ1v) is 9.54. The number of aromatic nitrogens is 2. The van der Waals surface area contributed by atoms with Crippen LogP contribution in [-0.4, -0.2) is 14.7 Å². The molecule has 0 unspecified atom stereocenters. The number of rotatable bonds is 4. The third-order valence-electron chi connectivity index (χ3n) is 4.70. The van der Waals surface area contributed by atoms with Gasteiger partial charge in [0.15, 0.2) is 0 Å². The second-order valence-corrected chi connectivity index (χ2v) is 7.68. The molecule has 1 heterocycles. The lowest BCUT2D eigenvalue weighted by atomic mass is 10.1. The van der Waals surface area contributed by atoms with E-state index >= 15 is 0 Å². The minimum absolute atomic E-state index is 0.592. The predicted octanol–water partition coefficient (Wildman–Crippen LogP) is 6.09. The molecule has 0 amide bonds. The Labute approximate surface area is 169 Å². The molecule has 0 bridgehead atoms. The van der Waals surface area contributed by atoms with Crippen LogP contribution in [0.2, 0.25) is 5.02 Å². The van der Waals surface area contributed by atoms with Gasteiger partial charge >= 0.3 is 0 Å². The van der Waals surface area contributed by atoms with Crippen molar-refractivity contribution in [3.05, 3.63) is 95.8 Å². The van der Waals surface area contributed by atoms with Crippen molar-refractivity contribution in [2.45, 2.75) is 19.4 Å². The van der Waals surface area contributed by atoms with E-state index in [9.17, 15) is 5.11 Å². The van der Waals surface area contributed by atoms with E-state index in [4.69, 9.17) is 16.6 Å². The predicted molar refractivity (Wildman–Crippen MR) is 115 cm³/mol. The van der Waals surface area contributed by atoms with Crippen molar-refractivity contribution in [2.24, 2.45) is 0 Å². The molecule has 1 aromatic heterocycles. The van der Waals surface area contributed by atoms with E-state index in [1.165, 1.54) is 5.56 Å². The van der Waals surface area contributed by atoms with Gasteiger partial charge in [-0.1, -0.05) is 66.2 Å². The van der Waals surface area contributed by atoms with Gasteiger partial charge in [-0.05, 0) is 49.2 Å². The van der Waals surface area contributed by atoms with E-state index < -0.39 is 5.60 Å². The highest BCUT2D eigenvalue weighted by Gasteiger charge is 2.23. The van der Waals surface area contributed by atoms with Crippen LogP contribution in [0, 0.1) is 0 Å². The molecule has 4 rings (SSSR count). The molecule has 0 spiro atoms. The van der Waals surface area contributed by atoms with Gasteiger partial charge in [0, 0.05) is 17.4 Å². The maximum Gasteiger partial charge on any atom is 0.146 e. The van der Waals surface area contributed by atoms with Crippen molar-refractivity contribution in [1.29, 1.82) is 0 Å². The summed E-state index contributed by atoms with van der Waals surface area (Å²) in [6, 6.07) is 26.2. The van der Waals surface area contributed by atoms with Crippen LogP contribution < -0.4 is 0 Å². The Balaban J connectivity index is 1.83. The molecule has 0 radical (unpaired) electrons. The van der Waals surface area contributed by atoms with Crippen molar-refractivity contribution in [3.63, 3.8) is 0 Å². The standard InChI is InChI=1S/C24H21ClN2O/c1-24(2,28)22-16-27(23(26-22)20-10-6-7-11-21(20)25)19-14-12-18(13-15-19)17-8-4-3-5-9-17/h3-16,28H,1-2H3. The Morgan fingerprint density at radius 1 is 0.821 bits per heavy atom. The van der Waals surface area contributed by atoms with Crippen molar-refractivity contribution in [1.82, 2.24) is 9.55 Å². The molecule has 4 heteroatoms. The number of imidazole rings is 1. The SMILES string of the molecule is CC(C)(O)c1cn(-c2ccc(-c3ccccc3)cc2)c(-c2ccccc2Cl)n1. The Hall–Kier alpha value is -2.88. The molecule has 3 nitrogen and oxygen atoms in total. The van der Waals surface area contributed by atoms with Crippen LogP contribution in [0.15, 0.2) is 85.1 Å². The van der Waals surface area contributed by atoms with Gasteiger partial charge in [-0.3, -0.25) is 4.57 Å². The summed E-state index contributed by atoms with van der Waals surface area (Å²) in [5.41, 5.74) is 3.64. The van der Waals surface area contributed by atoms with Crippen molar-refractivity contribution in [3.8, 4) is 28.2 Å². The first-order chi connectivity index (χ1) is 13.4. The average Bonchev–Trinajstić information content (AvgIpc) is 3.15. The van der Waals surface area contributed by atoms with Crippen LogP contribution in [0.3, 0.4) is 0 Å². The van der Waals surface area contributed by atoms with E-state index in [-0.39, 0.29) is 0 Å². The molecular weight excluding hydrogens is 368 g/mol. The third kappa shape index (κ3) is 3.59. The zero-order valence-electron chi connectivity index (χ0n) is 15.8. The summed E-state index contributed by atoms with van der Waals surface area (Å²) in [6.07, 6.45) is 1.87. The summed E-state index contributed by atoms with van der Waals surface area (Å²) in [5, 5.41) is 11.1. The fourth-order valence-corrected chi connectivity index (χ4v) is 3.37. The van der Waals surface area contributed by atoms with Crippen LogP contribution in [0.1, 0.15) is 19.5 Å². The van der Waals surface area contributed by atoms with Gasteiger partial charge in [0.25, 0.3) is 0 Å². The largest absolute Gasteiger partial charge is 0.384 e. The molecule has 0 saturated heterocycles. The van der Waals surface area contributed by atoms with Crippen LogP contribution in [0.4, 0.5) is 0 Å². The topological polar surface area (TPSA) is 38.0 Å². The molecule has 0 atom stereocenters. The molecule has 1 N–H and O–H groups in total. The lowest BCUT2D eigenvalue weighted by Gasteiger charge is -2.13. The summed E-state index contributed by atoms with van der Waals surface area (Å²) in [6.45, 7) is 3.46. The number of aliphatic hydroxyl groups is 1. The highest BCUT2D eigenvalue weighted by Crippen LogP contribution is 2.32. The first-order valence-electron chi connectivity index (χ1n) is 9.16. The highest BCUT2D eigenvalue weighted by molar-refractivity contribution is 6.33.